The minimum Gasteiger partial charge on any atom is -0.366 e. The van der Waals surface area contributed by atoms with Gasteiger partial charge in [0.15, 0.2) is 0 Å². The molecule has 2 aliphatic rings. The maximum Gasteiger partial charge on any atom is 0.253 e. The normalized spacial score (nSPS) is 21.7. The maximum absolute atomic E-state index is 12.6. The Balaban J connectivity index is 1.36. The molecule has 7 nitrogen and oxygen atoms in total. The number of nitrogens with zero attached hydrogens (tertiary/aromatic N) is 4. The Kier molecular flexibility index (Phi) is 5.26. The first kappa shape index (κ1) is 17.2. The third-order valence-corrected chi connectivity index (χ3v) is 5.22. The Morgan fingerprint density at radius 2 is 2.04 bits per heavy atom. The second-order valence-corrected chi connectivity index (χ2v) is 6.93. The van der Waals surface area contributed by atoms with Gasteiger partial charge in [0, 0.05) is 63.4 Å². The summed E-state index contributed by atoms with van der Waals surface area (Å²) >= 11 is 0. The highest BCUT2D eigenvalue weighted by Crippen LogP contribution is 2.28. The van der Waals surface area contributed by atoms with Gasteiger partial charge in [0.25, 0.3) is 5.91 Å². The largest absolute Gasteiger partial charge is 0.366 e. The molecule has 0 radical (unpaired) electrons. The summed E-state index contributed by atoms with van der Waals surface area (Å²) in [5, 5.41) is 3.23. The fraction of sp³-hybridized carbons (Fsp3) is 0.526. The molecule has 1 atom stereocenters. The first-order chi connectivity index (χ1) is 12.8. The van der Waals surface area contributed by atoms with E-state index >= 15 is 0 Å². The lowest BCUT2D eigenvalue weighted by atomic mass is 9.95. The Morgan fingerprint density at radius 3 is 2.77 bits per heavy atom. The van der Waals surface area contributed by atoms with Gasteiger partial charge in [-0.15, -0.1) is 0 Å². The highest BCUT2D eigenvalue weighted by atomic mass is 16.5. The minimum atomic E-state index is -0.325. The van der Waals surface area contributed by atoms with Crippen LogP contribution >= 0.6 is 0 Å². The van der Waals surface area contributed by atoms with Crippen molar-refractivity contribution in [2.24, 2.45) is 0 Å². The molecule has 138 valence electrons. The van der Waals surface area contributed by atoms with Crippen molar-refractivity contribution < 1.29 is 9.53 Å². The number of morpholine rings is 1. The number of piperidine rings is 1. The highest BCUT2D eigenvalue weighted by Gasteiger charge is 2.31. The van der Waals surface area contributed by atoms with E-state index in [1.807, 2.05) is 41.8 Å². The molecule has 0 aromatic carbocycles. The molecule has 26 heavy (non-hydrogen) atoms. The number of nitrogens with one attached hydrogen (secondary N) is 1. The van der Waals surface area contributed by atoms with Gasteiger partial charge >= 0.3 is 0 Å². The number of likely N-dealkylation sites (tertiary alicyclic amines) is 1. The molecule has 2 saturated heterocycles. The second-order valence-electron chi connectivity index (χ2n) is 6.93. The molecule has 0 aliphatic carbocycles. The van der Waals surface area contributed by atoms with E-state index in [0.29, 0.717) is 19.1 Å². The average molecular weight is 355 g/mol. The number of amides is 1. The molecule has 2 aromatic heterocycles. The van der Waals surface area contributed by atoms with Crippen LogP contribution in [0.4, 0.5) is 0 Å². The number of aromatic nitrogens is 3. The molecule has 4 rings (SSSR count). The van der Waals surface area contributed by atoms with Gasteiger partial charge in [0.2, 0.25) is 0 Å². The average Bonchev–Trinajstić information content (AvgIpc) is 3.17. The summed E-state index contributed by atoms with van der Waals surface area (Å²) in [4.78, 5) is 23.2. The fourth-order valence-electron chi connectivity index (χ4n) is 3.78. The van der Waals surface area contributed by atoms with Gasteiger partial charge in [-0.1, -0.05) is 0 Å². The SMILES string of the molecule is O=C(C1CNCCO1)N1CCC(c2nccn2Cc2ccncc2)CC1. The Labute approximate surface area is 153 Å². The third-order valence-electron chi connectivity index (χ3n) is 5.22. The van der Waals surface area contributed by atoms with Crippen molar-refractivity contribution in [3.8, 4) is 0 Å². The summed E-state index contributed by atoms with van der Waals surface area (Å²) in [6.07, 6.45) is 9.10. The number of pyridine rings is 1. The Hall–Kier alpha value is -2.25. The van der Waals surface area contributed by atoms with Crippen molar-refractivity contribution >= 4 is 5.91 Å². The second kappa shape index (κ2) is 7.97. The van der Waals surface area contributed by atoms with Gasteiger partial charge in [0.05, 0.1) is 6.61 Å². The Morgan fingerprint density at radius 1 is 1.23 bits per heavy atom. The number of rotatable bonds is 4. The first-order valence-corrected chi connectivity index (χ1v) is 9.32. The number of carbonyl (C=O) groups excluding carboxylic acids is 1. The van der Waals surface area contributed by atoms with Gasteiger partial charge < -0.3 is 19.5 Å². The first-order valence-electron chi connectivity index (χ1n) is 9.32. The fourth-order valence-corrected chi connectivity index (χ4v) is 3.78. The number of ether oxygens (including phenoxy) is 1. The standard InChI is InChI=1S/C19H25N5O2/c25-19(17-13-21-8-12-26-17)23-9-3-16(4-10-23)18-22-7-11-24(18)14-15-1-5-20-6-2-15/h1-2,5-7,11,16-17,21H,3-4,8-10,12-14H2. The van der Waals surface area contributed by atoms with Crippen LogP contribution in [0.2, 0.25) is 0 Å². The third kappa shape index (κ3) is 3.78. The summed E-state index contributed by atoms with van der Waals surface area (Å²) in [6, 6.07) is 4.06. The van der Waals surface area contributed by atoms with E-state index in [1.54, 1.807) is 0 Å². The van der Waals surface area contributed by atoms with E-state index < -0.39 is 0 Å². The lowest BCUT2D eigenvalue weighted by molar-refractivity contribution is -0.146. The molecule has 0 bridgehead atoms. The molecular weight excluding hydrogens is 330 g/mol. The van der Waals surface area contributed by atoms with Crippen LogP contribution in [0.15, 0.2) is 36.9 Å². The van der Waals surface area contributed by atoms with E-state index in [0.717, 1.165) is 44.8 Å². The van der Waals surface area contributed by atoms with Crippen LogP contribution in [0.5, 0.6) is 0 Å². The van der Waals surface area contributed by atoms with E-state index in [-0.39, 0.29) is 12.0 Å². The zero-order chi connectivity index (χ0) is 17.8. The summed E-state index contributed by atoms with van der Waals surface area (Å²) < 4.78 is 7.82. The van der Waals surface area contributed by atoms with Gasteiger partial charge in [-0.3, -0.25) is 9.78 Å². The van der Waals surface area contributed by atoms with E-state index in [2.05, 4.69) is 19.9 Å². The molecule has 1 N–H and O–H groups in total. The van der Waals surface area contributed by atoms with Crippen LogP contribution in [0.3, 0.4) is 0 Å². The molecule has 7 heteroatoms. The topological polar surface area (TPSA) is 72.3 Å². The summed E-state index contributed by atoms with van der Waals surface area (Å²) in [5.41, 5.74) is 1.22. The summed E-state index contributed by atoms with van der Waals surface area (Å²) in [5.74, 6) is 1.63. The van der Waals surface area contributed by atoms with Gasteiger partial charge in [-0.2, -0.15) is 0 Å². The van der Waals surface area contributed by atoms with Crippen molar-refractivity contribution in [2.45, 2.75) is 31.4 Å². The Bertz CT molecular complexity index is 719. The van der Waals surface area contributed by atoms with Crippen LogP contribution in [0, 0.1) is 0 Å². The minimum absolute atomic E-state index is 0.121. The number of hydrogen-bond donors (Lipinski definition) is 1. The maximum atomic E-state index is 12.6. The molecule has 2 aliphatic heterocycles. The highest BCUT2D eigenvalue weighted by molar-refractivity contribution is 5.81. The van der Waals surface area contributed by atoms with Crippen molar-refractivity contribution in [3.63, 3.8) is 0 Å². The molecular formula is C19H25N5O2. The molecule has 2 aromatic rings. The molecule has 0 spiro atoms. The predicted molar refractivity (Wildman–Crippen MR) is 96.7 cm³/mol. The van der Waals surface area contributed by atoms with E-state index in [4.69, 9.17) is 4.74 Å². The smallest absolute Gasteiger partial charge is 0.253 e. The summed E-state index contributed by atoms with van der Waals surface area (Å²) in [6.45, 7) is 4.40. The zero-order valence-electron chi connectivity index (χ0n) is 14.9. The number of hydrogen-bond acceptors (Lipinski definition) is 5. The van der Waals surface area contributed by atoms with Gasteiger partial charge in [-0.05, 0) is 30.5 Å². The molecule has 0 saturated carbocycles. The van der Waals surface area contributed by atoms with Crippen LogP contribution in [-0.2, 0) is 16.1 Å². The molecule has 2 fully saturated rings. The van der Waals surface area contributed by atoms with Crippen LogP contribution in [-0.4, -0.2) is 64.2 Å². The van der Waals surface area contributed by atoms with Crippen LogP contribution < -0.4 is 5.32 Å². The predicted octanol–water partition coefficient (Wildman–Crippen LogP) is 1.02. The lowest BCUT2D eigenvalue weighted by Crippen LogP contribution is -2.51. The van der Waals surface area contributed by atoms with E-state index in [9.17, 15) is 4.79 Å². The molecule has 4 heterocycles. The van der Waals surface area contributed by atoms with E-state index in [1.165, 1.54) is 5.56 Å². The molecule has 1 unspecified atom stereocenters. The van der Waals surface area contributed by atoms with Crippen LogP contribution in [0.1, 0.15) is 30.1 Å². The lowest BCUT2D eigenvalue weighted by Gasteiger charge is -2.35. The quantitative estimate of drug-likeness (QED) is 0.887. The van der Waals surface area contributed by atoms with Crippen molar-refractivity contribution in [1.82, 2.24) is 24.8 Å². The number of imidazole rings is 1. The monoisotopic (exact) mass is 355 g/mol. The van der Waals surface area contributed by atoms with Crippen molar-refractivity contribution in [1.29, 1.82) is 0 Å². The summed E-state index contributed by atoms with van der Waals surface area (Å²) in [7, 11) is 0. The zero-order valence-corrected chi connectivity index (χ0v) is 14.9. The van der Waals surface area contributed by atoms with Crippen molar-refractivity contribution in [2.75, 3.05) is 32.8 Å². The van der Waals surface area contributed by atoms with Gasteiger partial charge in [0.1, 0.15) is 11.9 Å². The van der Waals surface area contributed by atoms with Crippen molar-refractivity contribution in [3.05, 3.63) is 48.3 Å². The van der Waals surface area contributed by atoms with Crippen LogP contribution in [0.25, 0.3) is 0 Å². The molecule has 1 amide bonds. The van der Waals surface area contributed by atoms with Gasteiger partial charge in [-0.25, -0.2) is 4.98 Å². The number of carbonyl (C=O) groups is 1.